The van der Waals surface area contributed by atoms with Gasteiger partial charge in [-0.2, -0.15) is 0 Å². The van der Waals surface area contributed by atoms with E-state index in [1.807, 2.05) is 25.1 Å². The summed E-state index contributed by atoms with van der Waals surface area (Å²) < 4.78 is 6.76. The molecule has 0 saturated carbocycles. The average Bonchev–Trinajstić information content (AvgIpc) is 3.37. The lowest BCUT2D eigenvalue weighted by Crippen LogP contribution is -2.39. The summed E-state index contributed by atoms with van der Waals surface area (Å²) in [4.78, 5) is 47.8. The van der Waals surface area contributed by atoms with Crippen molar-refractivity contribution in [2.45, 2.75) is 26.0 Å². The molecular formula is C24H24ClN5O5S. The molecule has 1 atom stereocenters. The number of nitrogens with one attached hydrogen (secondary N) is 1. The van der Waals surface area contributed by atoms with Crippen molar-refractivity contribution in [2.75, 3.05) is 32.8 Å². The summed E-state index contributed by atoms with van der Waals surface area (Å²) in [5.74, 6) is -1.60. The van der Waals surface area contributed by atoms with Gasteiger partial charge < -0.3 is 20.1 Å². The third kappa shape index (κ3) is 4.92. The molecule has 4 heterocycles. The average molecular weight is 530 g/mol. The quantitative estimate of drug-likeness (QED) is 0.448. The number of urea groups is 1. The highest BCUT2D eigenvalue weighted by Gasteiger charge is 2.37. The zero-order valence-electron chi connectivity index (χ0n) is 19.5. The number of carboxylic acids is 1. The molecule has 188 valence electrons. The number of aliphatic carboxylic acids is 1. The number of fused-ring (bicyclic) bond motifs is 1. The minimum absolute atomic E-state index is 0.0366. The van der Waals surface area contributed by atoms with E-state index in [2.05, 4.69) is 15.3 Å². The molecule has 0 spiro atoms. The number of carbonyl (C=O) groups is 3. The highest BCUT2D eigenvalue weighted by molar-refractivity contribution is 7.19. The van der Waals surface area contributed by atoms with Gasteiger partial charge in [0.25, 0.3) is 5.91 Å². The Balaban J connectivity index is 1.48. The third-order valence-electron chi connectivity index (χ3n) is 6.26. The highest BCUT2D eigenvalue weighted by Crippen LogP contribution is 2.37. The Hall–Kier alpha value is -3.12. The van der Waals surface area contributed by atoms with Gasteiger partial charge in [0.05, 0.1) is 35.2 Å². The maximum atomic E-state index is 12.6. The number of carboxylic acid groups (broad SMARTS) is 1. The van der Waals surface area contributed by atoms with Gasteiger partial charge in [0.15, 0.2) is 0 Å². The van der Waals surface area contributed by atoms with E-state index in [4.69, 9.17) is 21.4 Å². The molecule has 2 saturated heterocycles. The van der Waals surface area contributed by atoms with Crippen molar-refractivity contribution in [1.82, 2.24) is 25.1 Å². The van der Waals surface area contributed by atoms with Crippen LogP contribution in [0.3, 0.4) is 0 Å². The van der Waals surface area contributed by atoms with E-state index in [1.165, 1.54) is 17.7 Å². The summed E-state index contributed by atoms with van der Waals surface area (Å²) in [6, 6.07) is 5.05. The molecule has 1 aromatic carbocycles. The number of rotatable bonds is 7. The highest BCUT2D eigenvalue weighted by atomic mass is 35.5. The van der Waals surface area contributed by atoms with Crippen molar-refractivity contribution in [3.63, 3.8) is 0 Å². The number of morpholine rings is 1. The predicted molar refractivity (Wildman–Crippen MR) is 134 cm³/mol. The molecule has 2 fully saturated rings. The van der Waals surface area contributed by atoms with Crippen LogP contribution in [0.4, 0.5) is 4.79 Å². The van der Waals surface area contributed by atoms with Crippen molar-refractivity contribution < 1.29 is 24.2 Å². The number of benzene rings is 1. The second-order valence-corrected chi connectivity index (χ2v) is 10.4. The Morgan fingerprint density at radius 2 is 2.14 bits per heavy atom. The zero-order valence-corrected chi connectivity index (χ0v) is 21.1. The van der Waals surface area contributed by atoms with Crippen LogP contribution in [-0.4, -0.2) is 81.7 Å². The summed E-state index contributed by atoms with van der Waals surface area (Å²) in [7, 11) is 0. The normalized spacial score (nSPS) is 18.4. The molecule has 0 bridgehead atoms. The molecule has 2 aliphatic rings. The third-order valence-corrected chi connectivity index (χ3v) is 7.59. The molecule has 5 rings (SSSR count). The number of hydrogen-bond acceptors (Lipinski definition) is 8. The van der Waals surface area contributed by atoms with Crippen LogP contribution in [0.25, 0.3) is 21.5 Å². The molecule has 12 heteroatoms. The summed E-state index contributed by atoms with van der Waals surface area (Å²) in [6.45, 7) is 3.56. The molecular weight excluding hydrogens is 506 g/mol. The number of aromatic nitrogens is 2. The largest absolute Gasteiger partial charge is 0.480 e. The van der Waals surface area contributed by atoms with Crippen LogP contribution in [0, 0.1) is 6.92 Å². The van der Waals surface area contributed by atoms with Gasteiger partial charge in [0.1, 0.15) is 19.4 Å². The van der Waals surface area contributed by atoms with Crippen LogP contribution < -0.4 is 5.32 Å². The minimum Gasteiger partial charge on any atom is -0.480 e. The molecule has 2 aliphatic heterocycles. The molecule has 10 nitrogen and oxygen atoms in total. The van der Waals surface area contributed by atoms with E-state index >= 15 is 0 Å². The summed E-state index contributed by atoms with van der Waals surface area (Å²) >= 11 is 7.85. The van der Waals surface area contributed by atoms with Gasteiger partial charge in [0, 0.05) is 35.0 Å². The maximum absolute atomic E-state index is 12.6. The Morgan fingerprint density at radius 3 is 2.89 bits per heavy atom. The predicted octanol–water partition coefficient (Wildman–Crippen LogP) is 2.70. The van der Waals surface area contributed by atoms with Gasteiger partial charge in [-0.15, -0.1) is 11.3 Å². The van der Waals surface area contributed by atoms with Crippen molar-refractivity contribution in [1.29, 1.82) is 0 Å². The standard InChI is InChI=1S/C24H24ClN5O5S/c1-13-4-14(25)5-18(17(13)6-15-8-26-2-3-35-15)22-23-19(27-12-28-22)7-16(36-23)9-30-20(31)10-29(24(30)34)11-21(32)33/h4-5,7,12,15,26H,2-3,6,8-11H2,1H3,(H,32,33). The second kappa shape index (κ2) is 10.1. The maximum Gasteiger partial charge on any atom is 0.328 e. The van der Waals surface area contributed by atoms with Crippen LogP contribution in [-0.2, 0) is 27.3 Å². The first-order valence-electron chi connectivity index (χ1n) is 11.5. The van der Waals surface area contributed by atoms with E-state index in [-0.39, 0.29) is 19.2 Å². The fraction of sp³-hybridized carbons (Fsp3) is 0.375. The number of thiophene rings is 1. The number of ether oxygens (including phenoxy) is 1. The molecule has 1 unspecified atom stereocenters. The number of aryl methyl sites for hydroxylation is 1. The molecule has 2 aromatic heterocycles. The lowest BCUT2D eigenvalue weighted by atomic mass is 9.94. The Kier molecular flexibility index (Phi) is 6.89. The second-order valence-electron chi connectivity index (χ2n) is 8.81. The van der Waals surface area contributed by atoms with Gasteiger partial charge in [0.2, 0.25) is 0 Å². The van der Waals surface area contributed by atoms with Crippen LogP contribution in [0.15, 0.2) is 24.5 Å². The number of halogens is 1. The van der Waals surface area contributed by atoms with Crippen molar-refractivity contribution in [3.05, 3.63) is 45.6 Å². The Bertz CT molecular complexity index is 1360. The molecule has 3 aromatic rings. The van der Waals surface area contributed by atoms with Crippen molar-refractivity contribution in [2.24, 2.45) is 0 Å². The van der Waals surface area contributed by atoms with E-state index < -0.39 is 24.5 Å². The lowest BCUT2D eigenvalue weighted by molar-refractivity contribution is -0.137. The van der Waals surface area contributed by atoms with Crippen molar-refractivity contribution in [3.8, 4) is 11.3 Å². The molecule has 3 amide bonds. The minimum atomic E-state index is -1.16. The van der Waals surface area contributed by atoms with Gasteiger partial charge in [-0.05, 0) is 36.2 Å². The number of imide groups is 1. The molecule has 0 radical (unpaired) electrons. The first-order valence-corrected chi connectivity index (χ1v) is 12.7. The number of hydrogen-bond donors (Lipinski definition) is 2. The molecule has 36 heavy (non-hydrogen) atoms. The summed E-state index contributed by atoms with van der Waals surface area (Å²) in [5.41, 5.74) is 4.46. The van der Waals surface area contributed by atoms with E-state index in [1.54, 1.807) is 0 Å². The van der Waals surface area contributed by atoms with Gasteiger partial charge >= 0.3 is 12.0 Å². The number of carbonyl (C=O) groups excluding carboxylic acids is 2. The van der Waals surface area contributed by atoms with Gasteiger partial charge in [-0.25, -0.2) is 14.8 Å². The zero-order chi connectivity index (χ0) is 25.4. The summed E-state index contributed by atoms with van der Waals surface area (Å²) in [6.07, 6.45) is 2.23. The monoisotopic (exact) mass is 529 g/mol. The van der Waals surface area contributed by atoms with Crippen LogP contribution in [0.5, 0.6) is 0 Å². The fourth-order valence-electron chi connectivity index (χ4n) is 4.60. The molecule has 0 aliphatic carbocycles. The SMILES string of the molecule is Cc1cc(Cl)cc(-c2ncnc3cc(CN4C(=O)CN(CC(=O)O)C4=O)sc23)c1CC1CNCCO1. The van der Waals surface area contributed by atoms with Gasteiger partial charge in [-0.3, -0.25) is 14.5 Å². The molecule has 2 N–H and O–H groups in total. The van der Waals surface area contributed by atoms with Crippen molar-refractivity contribution >= 4 is 51.1 Å². The Morgan fingerprint density at radius 1 is 1.31 bits per heavy atom. The van der Waals surface area contributed by atoms with E-state index in [9.17, 15) is 14.4 Å². The van der Waals surface area contributed by atoms with Crippen LogP contribution in [0.2, 0.25) is 5.02 Å². The van der Waals surface area contributed by atoms with Gasteiger partial charge in [-0.1, -0.05) is 11.6 Å². The number of amides is 3. The van der Waals surface area contributed by atoms with E-state index in [0.29, 0.717) is 23.6 Å². The van der Waals surface area contributed by atoms with Crippen LogP contribution in [0.1, 0.15) is 16.0 Å². The Labute approximate surface area is 215 Å². The number of nitrogens with zero attached hydrogens (tertiary/aromatic N) is 4. The smallest absolute Gasteiger partial charge is 0.328 e. The lowest BCUT2D eigenvalue weighted by Gasteiger charge is -2.25. The fourth-order valence-corrected chi connectivity index (χ4v) is 5.97. The summed E-state index contributed by atoms with van der Waals surface area (Å²) in [5, 5.41) is 13.0. The van der Waals surface area contributed by atoms with Crippen LogP contribution >= 0.6 is 22.9 Å². The topological polar surface area (TPSA) is 125 Å². The first-order chi connectivity index (χ1) is 17.3. The van der Waals surface area contributed by atoms with E-state index in [0.717, 1.165) is 54.9 Å². The first kappa shape index (κ1) is 24.6.